The maximum absolute atomic E-state index is 14.7. The van der Waals surface area contributed by atoms with Gasteiger partial charge in [-0.2, -0.15) is 0 Å². The van der Waals surface area contributed by atoms with Crippen molar-refractivity contribution >= 4 is 23.4 Å². The van der Waals surface area contributed by atoms with Crippen molar-refractivity contribution in [2.45, 2.75) is 57.4 Å². The number of likely N-dealkylation sites (tertiary alicyclic amines) is 1. The maximum Gasteiger partial charge on any atom is 0.253 e. The fourth-order valence-corrected chi connectivity index (χ4v) is 7.58. The average molecular weight is 570 g/mol. The molecule has 4 aliphatic heterocycles. The Morgan fingerprint density at radius 3 is 2.29 bits per heavy atom. The molecule has 220 valence electrons. The van der Waals surface area contributed by atoms with Crippen LogP contribution in [0, 0.1) is 25.7 Å². The Balaban J connectivity index is 1.44. The van der Waals surface area contributed by atoms with Crippen molar-refractivity contribution < 1.29 is 24.2 Å². The number of aliphatic hydroxyl groups excluding tert-OH is 1. The van der Waals surface area contributed by atoms with Gasteiger partial charge < -0.3 is 24.5 Å². The molecular formula is C34H39N3O5. The molecule has 0 saturated carbocycles. The van der Waals surface area contributed by atoms with Gasteiger partial charge in [0, 0.05) is 38.5 Å². The molecule has 0 radical (unpaired) electrons. The normalized spacial score (nSPS) is 30.3. The van der Waals surface area contributed by atoms with E-state index >= 15 is 0 Å². The van der Waals surface area contributed by atoms with Crippen LogP contribution in [0.2, 0.25) is 0 Å². The van der Waals surface area contributed by atoms with E-state index < -0.39 is 29.1 Å². The lowest BCUT2D eigenvalue weighted by atomic mass is 9.74. The average Bonchev–Trinajstić information content (AvgIpc) is 3.23. The van der Waals surface area contributed by atoms with Gasteiger partial charge >= 0.3 is 0 Å². The van der Waals surface area contributed by atoms with Gasteiger partial charge in [0.2, 0.25) is 11.8 Å². The first kappa shape index (κ1) is 28.4. The molecule has 0 aromatic heterocycles. The number of hydrogen-bond acceptors (Lipinski definition) is 5. The molecule has 1 spiro atoms. The second kappa shape index (κ2) is 10.8. The molecular weight excluding hydrogens is 530 g/mol. The van der Waals surface area contributed by atoms with Gasteiger partial charge in [-0.3, -0.25) is 14.4 Å². The summed E-state index contributed by atoms with van der Waals surface area (Å²) in [5.74, 6) is -2.24. The molecule has 5 atom stereocenters. The lowest BCUT2D eigenvalue weighted by molar-refractivity contribution is -0.148. The third kappa shape index (κ3) is 4.39. The van der Waals surface area contributed by atoms with Gasteiger partial charge in [-0.25, -0.2) is 0 Å². The van der Waals surface area contributed by atoms with Crippen molar-refractivity contribution in [3.8, 4) is 0 Å². The van der Waals surface area contributed by atoms with Crippen LogP contribution in [0.4, 0.5) is 5.69 Å². The van der Waals surface area contributed by atoms with Gasteiger partial charge in [0.15, 0.2) is 0 Å². The number of hydrogen-bond donors (Lipinski definition) is 1. The predicted molar refractivity (Wildman–Crippen MR) is 159 cm³/mol. The number of fused-ring (bicyclic) bond motifs is 2. The summed E-state index contributed by atoms with van der Waals surface area (Å²) in [6.07, 6.45) is 8.72. The quantitative estimate of drug-likeness (QED) is 0.407. The monoisotopic (exact) mass is 569 g/mol. The number of carbonyl (C=O) groups is 3. The lowest BCUT2D eigenvalue weighted by Crippen LogP contribution is -2.56. The zero-order valence-electron chi connectivity index (χ0n) is 24.5. The maximum atomic E-state index is 14.7. The van der Waals surface area contributed by atoms with E-state index in [1.54, 1.807) is 14.7 Å². The number of benzene rings is 2. The first-order chi connectivity index (χ1) is 20.2. The van der Waals surface area contributed by atoms with Crippen LogP contribution < -0.4 is 4.90 Å². The van der Waals surface area contributed by atoms with Crippen molar-refractivity contribution in [2.24, 2.45) is 11.8 Å². The van der Waals surface area contributed by atoms with E-state index in [9.17, 15) is 19.5 Å². The molecule has 4 aliphatic rings. The molecule has 2 aromatic rings. The van der Waals surface area contributed by atoms with E-state index in [1.165, 1.54) is 0 Å². The van der Waals surface area contributed by atoms with Crippen LogP contribution in [0.1, 0.15) is 36.5 Å². The molecule has 8 heteroatoms. The number of amides is 3. The molecule has 8 nitrogen and oxygen atoms in total. The van der Waals surface area contributed by atoms with Crippen molar-refractivity contribution in [3.63, 3.8) is 0 Å². The summed E-state index contributed by atoms with van der Waals surface area (Å²) in [6, 6.07) is 14.8. The Bertz CT molecular complexity index is 1430. The number of aliphatic hydroxyl groups is 1. The molecule has 1 unspecified atom stereocenters. The number of carbonyl (C=O) groups excluding carboxylic acids is 3. The standard InChI is InChI=1S/C34H39N3O5/c1-23-12-9-13-24(2)28(23)36-20-11-17-34-27(31(40)37(19-7-8-21-38)29(34)32(36)41)26-30(39)35(18-10-16-33(26,3)42-34)22-25-14-5-4-6-15-25/h4-6,9-17,26-27,29,38H,7-8,18-22H2,1-3H3/t26-,27-,29?,33+,34-/m0/s1. The minimum absolute atomic E-state index is 0.00142. The Labute approximate surface area is 247 Å². The number of rotatable bonds is 7. The van der Waals surface area contributed by atoms with Crippen molar-refractivity contribution in [1.29, 1.82) is 0 Å². The zero-order valence-corrected chi connectivity index (χ0v) is 24.5. The topological polar surface area (TPSA) is 90.4 Å². The van der Waals surface area contributed by atoms with Crippen LogP contribution in [0.15, 0.2) is 72.8 Å². The Morgan fingerprint density at radius 1 is 0.857 bits per heavy atom. The largest absolute Gasteiger partial charge is 0.396 e. The Hall–Kier alpha value is -3.75. The van der Waals surface area contributed by atoms with Crippen molar-refractivity contribution in [2.75, 3.05) is 31.1 Å². The smallest absolute Gasteiger partial charge is 0.253 e. The number of anilines is 1. The van der Waals surface area contributed by atoms with Crippen LogP contribution in [-0.2, 0) is 25.7 Å². The van der Waals surface area contributed by atoms with E-state index in [4.69, 9.17) is 4.74 Å². The summed E-state index contributed by atoms with van der Waals surface area (Å²) in [7, 11) is 0. The summed E-state index contributed by atoms with van der Waals surface area (Å²) >= 11 is 0. The highest BCUT2D eigenvalue weighted by Crippen LogP contribution is 2.57. The summed E-state index contributed by atoms with van der Waals surface area (Å²) in [5.41, 5.74) is 1.43. The van der Waals surface area contributed by atoms with Gasteiger partial charge in [0.25, 0.3) is 5.91 Å². The molecule has 0 aliphatic carbocycles. The van der Waals surface area contributed by atoms with Gasteiger partial charge in [-0.1, -0.05) is 72.8 Å². The highest BCUT2D eigenvalue weighted by molar-refractivity contribution is 6.06. The zero-order chi connectivity index (χ0) is 29.6. The van der Waals surface area contributed by atoms with E-state index in [1.807, 2.05) is 93.6 Å². The summed E-state index contributed by atoms with van der Waals surface area (Å²) in [4.78, 5) is 48.7. The third-order valence-corrected chi connectivity index (χ3v) is 9.37. The molecule has 0 bridgehead atoms. The fourth-order valence-electron chi connectivity index (χ4n) is 7.58. The first-order valence-electron chi connectivity index (χ1n) is 14.9. The highest BCUT2D eigenvalue weighted by atomic mass is 16.5. The van der Waals surface area contributed by atoms with E-state index in [0.717, 1.165) is 22.4 Å². The number of aryl methyl sites for hydroxylation is 2. The van der Waals surface area contributed by atoms with Crippen LogP contribution >= 0.6 is 0 Å². The van der Waals surface area contributed by atoms with Gasteiger partial charge in [-0.15, -0.1) is 0 Å². The summed E-state index contributed by atoms with van der Waals surface area (Å²) in [5, 5.41) is 9.48. The Morgan fingerprint density at radius 2 is 1.57 bits per heavy atom. The fraction of sp³-hybridized carbons (Fsp3) is 0.441. The first-order valence-corrected chi connectivity index (χ1v) is 14.9. The molecule has 2 aromatic carbocycles. The summed E-state index contributed by atoms with van der Waals surface area (Å²) in [6.45, 7) is 7.31. The SMILES string of the molecule is Cc1cccc(C)c1N1CC=C[C@]23O[C@]4(C)C=CCN(Cc5ccccc5)C(=O)[C@@H]4[C@H]2C(=O)N(CCCCO)C3C1=O. The number of unbranched alkanes of at least 4 members (excludes halogenated alkanes) is 1. The van der Waals surface area contributed by atoms with Crippen molar-refractivity contribution in [3.05, 3.63) is 89.5 Å². The second-order valence-corrected chi connectivity index (χ2v) is 12.2. The Kier molecular flexibility index (Phi) is 7.31. The predicted octanol–water partition coefficient (Wildman–Crippen LogP) is 3.55. The number of nitrogens with zero attached hydrogens (tertiary/aromatic N) is 3. The molecule has 42 heavy (non-hydrogen) atoms. The van der Waals surface area contributed by atoms with Gasteiger partial charge in [-0.05, 0) is 50.3 Å². The molecule has 2 saturated heterocycles. The highest BCUT2D eigenvalue weighted by Gasteiger charge is 2.74. The van der Waals surface area contributed by atoms with E-state index in [-0.39, 0.29) is 24.3 Å². The molecule has 6 rings (SSSR count). The molecule has 4 heterocycles. The van der Waals surface area contributed by atoms with Gasteiger partial charge in [0.05, 0.1) is 17.4 Å². The minimum Gasteiger partial charge on any atom is -0.396 e. The van der Waals surface area contributed by atoms with Crippen LogP contribution in [-0.4, -0.2) is 76.1 Å². The minimum atomic E-state index is -1.30. The van der Waals surface area contributed by atoms with E-state index in [2.05, 4.69) is 0 Å². The van der Waals surface area contributed by atoms with Crippen LogP contribution in [0.25, 0.3) is 0 Å². The number of ether oxygens (including phenoxy) is 1. The molecule has 2 fully saturated rings. The lowest BCUT2D eigenvalue weighted by Gasteiger charge is -2.38. The molecule has 1 N–H and O–H groups in total. The second-order valence-electron chi connectivity index (χ2n) is 12.2. The van der Waals surface area contributed by atoms with E-state index in [0.29, 0.717) is 39.0 Å². The third-order valence-electron chi connectivity index (χ3n) is 9.37. The number of para-hydroxylation sites is 1. The van der Waals surface area contributed by atoms with Gasteiger partial charge in [0.1, 0.15) is 11.6 Å². The van der Waals surface area contributed by atoms with Crippen LogP contribution in [0.5, 0.6) is 0 Å². The van der Waals surface area contributed by atoms with Crippen LogP contribution in [0.3, 0.4) is 0 Å². The van der Waals surface area contributed by atoms with Crippen molar-refractivity contribution in [1.82, 2.24) is 9.80 Å². The summed E-state index contributed by atoms with van der Waals surface area (Å²) < 4.78 is 6.94. The molecule has 3 amide bonds.